The van der Waals surface area contributed by atoms with Crippen molar-refractivity contribution in [3.8, 4) is 0 Å². The standard InChI is InChI=1S/C22H28N4O/c1-5-20(21-10-8-9-19(13-21)15-25(3)17-27)14-24-18(2)26(4)16-22-11-6-7-12-23-22/h5-14,17-18H,15-16H2,1-4H3/b20-5+,24-14-. The number of rotatable bonds is 9. The van der Waals surface area contributed by atoms with Crippen molar-refractivity contribution in [1.29, 1.82) is 0 Å². The van der Waals surface area contributed by atoms with E-state index in [2.05, 4.69) is 35.0 Å². The molecule has 1 heterocycles. The summed E-state index contributed by atoms with van der Waals surface area (Å²) in [6, 6.07) is 14.1. The molecule has 1 unspecified atom stereocenters. The molecule has 0 saturated carbocycles. The summed E-state index contributed by atoms with van der Waals surface area (Å²) in [5, 5.41) is 0. The molecule has 5 nitrogen and oxygen atoms in total. The summed E-state index contributed by atoms with van der Waals surface area (Å²) in [4.78, 5) is 23.7. The number of aliphatic imine (C=N–C) groups is 1. The summed E-state index contributed by atoms with van der Waals surface area (Å²) in [5.74, 6) is 0. The Morgan fingerprint density at radius 2 is 2.00 bits per heavy atom. The Morgan fingerprint density at radius 1 is 1.19 bits per heavy atom. The molecule has 2 aromatic rings. The topological polar surface area (TPSA) is 48.8 Å². The molecule has 2 rings (SSSR count). The number of hydrogen-bond donors (Lipinski definition) is 0. The van der Waals surface area contributed by atoms with Crippen LogP contribution in [0.4, 0.5) is 0 Å². The lowest BCUT2D eigenvalue weighted by atomic mass is 10.0. The van der Waals surface area contributed by atoms with Crippen molar-refractivity contribution in [2.75, 3.05) is 14.1 Å². The molecule has 5 heteroatoms. The van der Waals surface area contributed by atoms with Crippen molar-refractivity contribution in [2.45, 2.75) is 33.1 Å². The first-order chi connectivity index (χ1) is 13.0. The summed E-state index contributed by atoms with van der Waals surface area (Å²) < 4.78 is 0. The largest absolute Gasteiger partial charge is 0.344 e. The van der Waals surface area contributed by atoms with Crippen LogP contribution in [-0.4, -0.2) is 47.7 Å². The van der Waals surface area contributed by atoms with E-state index in [0.717, 1.165) is 35.3 Å². The van der Waals surface area contributed by atoms with Crippen molar-refractivity contribution in [3.05, 3.63) is 71.6 Å². The highest BCUT2D eigenvalue weighted by atomic mass is 16.1. The summed E-state index contributed by atoms with van der Waals surface area (Å²) in [5.41, 5.74) is 4.27. The molecule has 0 fully saturated rings. The molecular formula is C22H28N4O. The van der Waals surface area contributed by atoms with Crippen LogP contribution in [0.3, 0.4) is 0 Å². The van der Waals surface area contributed by atoms with Crippen LogP contribution in [0.15, 0.2) is 59.7 Å². The first-order valence-corrected chi connectivity index (χ1v) is 9.08. The van der Waals surface area contributed by atoms with E-state index in [-0.39, 0.29) is 6.17 Å². The van der Waals surface area contributed by atoms with E-state index in [4.69, 9.17) is 4.99 Å². The zero-order chi connectivity index (χ0) is 19.6. The summed E-state index contributed by atoms with van der Waals surface area (Å²) in [6.07, 6.45) is 6.65. The second kappa shape index (κ2) is 10.4. The Bertz CT molecular complexity index is 786. The second-order valence-corrected chi connectivity index (χ2v) is 6.61. The Balaban J connectivity index is 2.05. The maximum Gasteiger partial charge on any atom is 0.209 e. The Morgan fingerprint density at radius 3 is 2.67 bits per heavy atom. The van der Waals surface area contributed by atoms with Gasteiger partial charge in [0, 0.05) is 32.5 Å². The van der Waals surface area contributed by atoms with Gasteiger partial charge in [0.15, 0.2) is 0 Å². The minimum Gasteiger partial charge on any atom is -0.344 e. The van der Waals surface area contributed by atoms with E-state index in [1.807, 2.05) is 56.7 Å². The zero-order valence-electron chi connectivity index (χ0n) is 16.5. The van der Waals surface area contributed by atoms with Gasteiger partial charge in [-0.15, -0.1) is 0 Å². The van der Waals surface area contributed by atoms with Crippen molar-refractivity contribution in [2.24, 2.45) is 4.99 Å². The normalized spacial score (nSPS) is 13.1. The highest BCUT2D eigenvalue weighted by Gasteiger charge is 2.08. The predicted octanol–water partition coefficient (Wildman–Crippen LogP) is 3.62. The van der Waals surface area contributed by atoms with Crippen LogP contribution in [0.25, 0.3) is 5.57 Å². The van der Waals surface area contributed by atoms with Crippen LogP contribution < -0.4 is 0 Å². The summed E-state index contributed by atoms with van der Waals surface area (Å²) >= 11 is 0. The Labute approximate surface area is 162 Å². The fraction of sp³-hybridized carbons (Fsp3) is 0.318. The lowest BCUT2D eigenvalue weighted by Gasteiger charge is -2.21. The van der Waals surface area contributed by atoms with Crippen LogP contribution in [0.1, 0.15) is 30.7 Å². The van der Waals surface area contributed by atoms with Crippen LogP contribution in [0.5, 0.6) is 0 Å². The number of amides is 1. The van der Waals surface area contributed by atoms with Crippen LogP contribution in [0.2, 0.25) is 0 Å². The average molecular weight is 364 g/mol. The SMILES string of the molecule is C/C=C(\C=N/C(C)N(C)Cc1ccccn1)c1cccc(CN(C)C=O)c1. The molecule has 0 saturated heterocycles. The van der Waals surface area contributed by atoms with Gasteiger partial charge in [0.05, 0.1) is 11.9 Å². The van der Waals surface area contributed by atoms with Gasteiger partial charge in [-0.2, -0.15) is 0 Å². The molecule has 1 amide bonds. The molecule has 0 bridgehead atoms. The lowest BCUT2D eigenvalue weighted by molar-refractivity contribution is -0.117. The third-order valence-corrected chi connectivity index (χ3v) is 4.39. The molecule has 1 aromatic heterocycles. The maximum absolute atomic E-state index is 10.8. The maximum atomic E-state index is 10.8. The number of pyridine rings is 1. The molecule has 1 aromatic carbocycles. The minimum atomic E-state index is 0.0336. The van der Waals surface area contributed by atoms with E-state index < -0.39 is 0 Å². The molecule has 1 atom stereocenters. The third kappa shape index (κ3) is 6.46. The molecule has 0 N–H and O–H groups in total. The minimum absolute atomic E-state index is 0.0336. The summed E-state index contributed by atoms with van der Waals surface area (Å²) in [6.45, 7) is 5.42. The quantitative estimate of drug-likeness (QED) is 0.504. The van der Waals surface area contributed by atoms with Crippen molar-refractivity contribution >= 4 is 18.2 Å². The first kappa shape index (κ1) is 20.5. The monoisotopic (exact) mass is 364 g/mol. The van der Waals surface area contributed by atoms with Crippen molar-refractivity contribution in [3.63, 3.8) is 0 Å². The van der Waals surface area contributed by atoms with Gasteiger partial charge in [0.1, 0.15) is 0 Å². The van der Waals surface area contributed by atoms with Gasteiger partial charge in [-0.3, -0.25) is 19.7 Å². The predicted molar refractivity (Wildman–Crippen MR) is 111 cm³/mol. The van der Waals surface area contributed by atoms with Crippen LogP contribution in [0, 0.1) is 0 Å². The second-order valence-electron chi connectivity index (χ2n) is 6.61. The molecule has 142 valence electrons. The molecule has 0 aliphatic rings. The van der Waals surface area contributed by atoms with Gasteiger partial charge in [-0.1, -0.05) is 30.3 Å². The summed E-state index contributed by atoms with van der Waals surface area (Å²) in [7, 11) is 3.82. The van der Waals surface area contributed by atoms with Crippen LogP contribution >= 0.6 is 0 Å². The molecule has 0 aliphatic heterocycles. The fourth-order valence-corrected chi connectivity index (χ4v) is 2.67. The molecule has 0 aliphatic carbocycles. The van der Waals surface area contributed by atoms with Gasteiger partial charge >= 0.3 is 0 Å². The number of benzene rings is 1. The molecule has 0 spiro atoms. The molecular weight excluding hydrogens is 336 g/mol. The van der Waals surface area contributed by atoms with E-state index in [9.17, 15) is 4.79 Å². The number of carbonyl (C=O) groups is 1. The van der Waals surface area contributed by atoms with Gasteiger partial charge < -0.3 is 4.90 Å². The first-order valence-electron chi connectivity index (χ1n) is 9.08. The zero-order valence-corrected chi connectivity index (χ0v) is 16.5. The van der Waals surface area contributed by atoms with E-state index in [0.29, 0.717) is 6.54 Å². The number of aromatic nitrogens is 1. The number of allylic oxidation sites excluding steroid dienone is 2. The highest BCUT2D eigenvalue weighted by Crippen LogP contribution is 2.16. The number of hydrogen-bond acceptors (Lipinski definition) is 4. The van der Waals surface area contributed by atoms with E-state index in [1.54, 1.807) is 11.9 Å². The fourth-order valence-electron chi connectivity index (χ4n) is 2.67. The smallest absolute Gasteiger partial charge is 0.209 e. The van der Waals surface area contributed by atoms with E-state index >= 15 is 0 Å². The van der Waals surface area contributed by atoms with Gasteiger partial charge in [-0.05, 0) is 55.8 Å². The van der Waals surface area contributed by atoms with Gasteiger partial charge in [-0.25, -0.2) is 0 Å². The molecule has 27 heavy (non-hydrogen) atoms. The van der Waals surface area contributed by atoms with Crippen LogP contribution in [-0.2, 0) is 17.9 Å². The van der Waals surface area contributed by atoms with Crippen molar-refractivity contribution in [1.82, 2.24) is 14.8 Å². The lowest BCUT2D eigenvalue weighted by Crippen LogP contribution is -2.27. The van der Waals surface area contributed by atoms with E-state index in [1.165, 1.54) is 0 Å². The number of nitrogens with zero attached hydrogens (tertiary/aromatic N) is 4. The number of carbonyl (C=O) groups excluding carboxylic acids is 1. The van der Waals surface area contributed by atoms with Gasteiger partial charge in [0.25, 0.3) is 0 Å². The molecule has 0 radical (unpaired) electrons. The Kier molecular flexibility index (Phi) is 7.89. The Hall–Kier alpha value is -2.79. The van der Waals surface area contributed by atoms with Gasteiger partial charge in [0.2, 0.25) is 6.41 Å². The van der Waals surface area contributed by atoms with Crippen molar-refractivity contribution < 1.29 is 4.79 Å². The highest BCUT2D eigenvalue weighted by molar-refractivity contribution is 6.09. The third-order valence-electron chi connectivity index (χ3n) is 4.39. The average Bonchev–Trinajstić information content (AvgIpc) is 2.69.